The number of anilines is 1. The number of alkyl halides is 3. The highest BCUT2D eigenvalue weighted by Crippen LogP contribution is 2.34. The van der Waals surface area contributed by atoms with Crippen molar-refractivity contribution in [1.82, 2.24) is 4.90 Å². The second-order valence-corrected chi connectivity index (χ2v) is 4.40. The van der Waals surface area contributed by atoms with E-state index in [4.69, 9.17) is 4.74 Å². The Bertz CT molecular complexity index is 540. The van der Waals surface area contributed by atoms with Crippen molar-refractivity contribution in [2.75, 3.05) is 31.6 Å². The number of ether oxygens (including phenoxy) is 1. The standard InChI is InChI=1S/C13H13F3N2O3/c14-13(15,16)9-3-1-2-4-10(9)17-11(19)12(20)18-5-7-21-8-6-18/h1-4H,5-8H2,(H,17,19). The van der Waals surface area contributed by atoms with Gasteiger partial charge >= 0.3 is 18.0 Å². The van der Waals surface area contributed by atoms with E-state index in [1.807, 2.05) is 5.32 Å². The number of halogens is 3. The molecule has 1 aromatic rings. The van der Waals surface area contributed by atoms with Crippen LogP contribution in [0, 0.1) is 0 Å². The molecule has 0 spiro atoms. The van der Waals surface area contributed by atoms with Gasteiger partial charge in [0.1, 0.15) is 0 Å². The first-order valence-corrected chi connectivity index (χ1v) is 6.24. The first-order chi connectivity index (χ1) is 9.89. The molecule has 1 N–H and O–H groups in total. The Kier molecular flexibility index (Phi) is 4.46. The highest BCUT2D eigenvalue weighted by atomic mass is 19.4. The Balaban J connectivity index is 2.11. The lowest BCUT2D eigenvalue weighted by molar-refractivity contribution is -0.146. The van der Waals surface area contributed by atoms with E-state index in [9.17, 15) is 22.8 Å². The number of nitrogens with zero attached hydrogens (tertiary/aromatic N) is 1. The first-order valence-electron chi connectivity index (χ1n) is 6.24. The van der Waals surface area contributed by atoms with Crippen molar-refractivity contribution in [3.8, 4) is 0 Å². The maximum atomic E-state index is 12.8. The molecule has 1 aromatic carbocycles. The molecule has 0 aliphatic carbocycles. The Morgan fingerprint density at radius 2 is 1.76 bits per heavy atom. The Morgan fingerprint density at radius 3 is 2.38 bits per heavy atom. The van der Waals surface area contributed by atoms with Crippen molar-refractivity contribution in [2.45, 2.75) is 6.18 Å². The molecule has 0 aromatic heterocycles. The number of rotatable bonds is 1. The van der Waals surface area contributed by atoms with E-state index >= 15 is 0 Å². The maximum Gasteiger partial charge on any atom is 0.418 e. The van der Waals surface area contributed by atoms with Crippen molar-refractivity contribution in [1.29, 1.82) is 0 Å². The van der Waals surface area contributed by atoms with Crippen LogP contribution in [-0.4, -0.2) is 43.0 Å². The molecule has 1 aliphatic heterocycles. The van der Waals surface area contributed by atoms with E-state index in [1.54, 1.807) is 0 Å². The number of amides is 2. The Hall–Kier alpha value is -2.09. The van der Waals surface area contributed by atoms with Crippen LogP contribution in [0.3, 0.4) is 0 Å². The number of morpholine rings is 1. The van der Waals surface area contributed by atoms with E-state index in [2.05, 4.69) is 0 Å². The van der Waals surface area contributed by atoms with Crippen LogP contribution < -0.4 is 5.32 Å². The van der Waals surface area contributed by atoms with Gasteiger partial charge in [-0.25, -0.2) is 0 Å². The summed E-state index contributed by atoms with van der Waals surface area (Å²) in [6.45, 7) is 1.09. The molecular weight excluding hydrogens is 289 g/mol. The van der Waals surface area contributed by atoms with Crippen LogP contribution in [0.15, 0.2) is 24.3 Å². The minimum absolute atomic E-state index is 0.243. The molecule has 1 saturated heterocycles. The van der Waals surface area contributed by atoms with Crippen LogP contribution in [-0.2, 0) is 20.5 Å². The Labute approximate surface area is 118 Å². The number of carbonyl (C=O) groups is 2. The molecular formula is C13H13F3N2O3. The number of benzene rings is 1. The topological polar surface area (TPSA) is 58.6 Å². The second kappa shape index (κ2) is 6.13. The van der Waals surface area contributed by atoms with Crippen LogP contribution in [0.4, 0.5) is 18.9 Å². The smallest absolute Gasteiger partial charge is 0.378 e. The number of para-hydroxylation sites is 1. The van der Waals surface area contributed by atoms with Gasteiger partial charge in [0.05, 0.1) is 24.5 Å². The molecule has 2 amide bonds. The van der Waals surface area contributed by atoms with Gasteiger partial charge in [-0.3, -0.25) is 9.59 Å². The Morgan fingerprint density at radius 1 is 1.14 bits per heavy atom. The van der Waals surface area contributed by atoms with Crippen molar-refractivity contribution >= 4 is 17.5 Å². The number of hydrogen-bond acceptors (Lipinski definition) is 3. The summed E-state index contributed by atoms with van der Waals surface area (Å²) in [5.74, 6) is -1.95. The van der Waals surface area contributed by atoms with Gasteiger partial charge < -0.3 is 15.0 Å². The molecule has 8 heteroatoms. The van der Waals surface area contributed by atoms with Crippen molar-refractivity contribution < 1.29 is 27.5 Å². The molecule has 2 rings (SSSR count). The average molecular weight is 302 g/mol. The summed E-state index contributed by atoms with van der Waals surface area (Å²) >= 11 is 0. The van der Waals surface area contributed by atoms with Gasteiger partial charge in [-0.05, 0) is 12.1 Å². The van der Waals surface area contributed by atoms with Crippen LogP contribution in [0.1, 0.15) is 5.56 Å². The average Bonchev–Trinajstić information content (AvgIpc) is 2.47. The van der Waals surface area contributed by atoms with Crippen LogP contribution >= 0.6 is 0 Å². The van der Waals surface area contributed by atoms with Gasteiger partial charge in [0.15, 0.2) is 0 Å². The fraction of sp³-hybridized carbons (Fsp3) is 0.385. The third kappa shape index (κ3) is 3.72. The van der Waals surface area contributed by atoms with Gasteiger partial charge in [0, 0.05) is 13.1 Å². The predicted octanol–water partition coefficient (Wildman–Crippen LogP) is 1.50. The maximum absolute atomic E-state index is 12.8. The minimum atomic E-state index is -4.61. The first kappa shape index (κ1) is 15.3. The molecule has 0 bridgehead atoms. The van der Waals surface area contributed by atoms with Crippen molar-refractivity contribution in [3.05, 3.63) is 29.8 Å². The molecule has 1 heterocycles. The fourth-order valence-electron chi connectivity index (χ4n) is 1.93. The van der Waals surface area contributed by atoms with Gasteiger partial charge in [0.25, 0.3) is 0 Å². The predicted molar refractivity (Wildman–Crippen MR) is 67.5 cm³/mol. The van der Waals surface area contributed by atoms with Gasteiger partial charge in [-0.15, -0.1) is 0 Å². The van der Waals surface area contributed by atoms with Crippen molar-refractivity contribution in [2.24, 2.45) is 0 Å². The lowest BCUT2D eigenvalue weighted by Gasteiger charge is -2.26. The van der Waals surface area contributed by atoms with Gasteiger partial charge in [-0.1, -0.05) is 12.1 Å². The summed E-state index contributed by atoms with van der Waals surface area (Å²) in [6.07, 6.45) is -4.61. The molecule has 0 saturated carbocycles. The summed E-state index contributed by atoms with van der Waals surface area (Å²) in [5.41, 5.74) is -1.43. The molecule has 1 aliphatic rings. The van der Waals surface area contributed by atoms with E-state index in [0.29, 0.717) is 13.2 Å². The summed E-state index contributed by atoms with van der Waals surface area (Å²) in [6, 6.07) is 4.51. The minimum Gasteiger partial charge on any atom is -0.378 e. The zero-order valence-corrected chi connectivity index (χ0v) is 10.9. The molecule has 0 atom stereocenters. The summed E-state index contributed by atoms with van der Waals surface area (Å²) in [4.78, 5) is 24.9. The zero-order chi connectivity index (χ0) is 15.5. The molecule has 0 radical (unpaired) electrons. The van der Waals surface area contributed by atoms with Crippen LogP contribution in [0.5, 0.6) is 0 Å². The molecule has 1 fully saturated rings. The SMILES string of the molecule is O=C(Nc1ccccc1C(F)(F)F)C(=O)N1CCOCC1. The largest absolute Gasteiger partial charge is 0.418 e. The lowest BCUT2D eigenvalue weighted by Crippen LogP contribution is -2.46. The van der Waals surface area contributed by atoms with E-state index in [0.717, 1.165) is 12.1 Å². The van der Waals surface area contributed by atoms with Crippen LogP contribution in [0.2, 0.25) is 0 Å². The quantitative estimate of drug-likeness (QED) is 0.800. The summed E-state index contributed by atoms with van der Waals surface area (Å²) in [5, 5.41) is 2.02. The summed E-state index contributed by atoms with van der Waals surface area (Å²) in [7, 11) is 0. The molecule has 21 heavy (non-hydrogen) atoms. The number of nitrogens with one attached hydrogen (secondary N) is 1. The van der Waals surface area contributed by atoms with E-state index < -0.39 is 29.2 Å². The third-order valence-corrected chi connectivity index (χ3v) is 2.97. The lowest BCUT2D eigenvalue weighted by atomic mass is 10.1. The number of hydrogen-bond donors (Lipinski definition) is 1. The summed E-state index contributed by atoms with van der Waals surface area (Å²) < 4.78 is 43.4. The fourth-order valence-corrected chi connectivity index (χ4v) is 1.93. The highest BCUT2D eigenvalue weighted by molar-refractivity contribution is 6.39. The van der Waals surface area contributed by atoms with Crippen molar-refractivity contribution in [3.63, 3.8) is 0 Å². The second-order valence-electron chi connectivity index (χ2n) is 4.40. The zero-order valence-electron chi connectivity index (χ0n) is 10.9. The molecule has 114 valence electrons. The monoisotopic (exact) mass is 302 g/mol. The van der Waals surface area contributed by atoms with Gasteiger partial charge in [0.2, 0.25) is 0 Å². The van der Waals surface area contributed by atoms with Crippen LogP contribution in [0.25, 0.3) is 0 Å². The third-order valence-electron chi connectivity index (χ3n) is 2.97. The van der Waals surface area contributed by atoms with E-state index in [-0.39, 0.29) is 13.1 Å². The van der Waals surface area contributed by atoms with E-state index in [1.165, 1.54) is 17.0 Å². The highest BCUT2D eigenvalue weighted by Gasteiger charge is 2.34. The van der Waals surface area contributed by atoms with Gasteiger partial charge in [-0.2, -0.15) is 13.2 Å². The normalized spacial score (nSPS) is 15.7. The molecule has 0 unspecified atom stereocenters. The molecule has 5 nitrogen and oxygen atoms in total. The number of carbonyl (C=O) groups excluding carboxylic acids is 2.